The number of nitrogens with one attached hydrogen (secondary N) is 2. The molecule has 7 heteroatoms. The summed E-state index contributed by atoms with van der Waals surface area (Å²) in [7, 11) is 1.56. The molecule has 0 radical (unpaired) electrons. The van der Waals surface area contributed by atoms with Gasteiger partial charge in [0.2, 0.25) is 11.8 Å². The fourth-order valence-electron chi connectivity index (χ4n) is 2.58. The zero-order chi connectivity index (χ0) is 21.2. The molecular formula is C22H27N3O4. The standard InChI is InChI=1S/C22H27N3O4/c1-5-29-19-9-8-17(13-20(19)28-4)14-23-25-22(27)11-10-21(26)24-18-12-15(2)6-7-16(18)3/h6-9,12-14H,5,10-11H2,1-4H3,(H,24,26)(H,25,27). The van der Waals surface area contributed by atoms with E-state index in [1.807, 2.05) is 39.0 Å². The number of amides is 2. The first kappa shape index (κ1) is 21.9. The highest BCUT2D eigenvalue weighted by atomic mass is 16.5. The molecule has 0 fully saturated rings. The number of hydrogen-bond donors (Lipinski definition) is 2. The summed E-state index contributed by atoms with van der Waals surface area (Å²) in [5, 5.41) is 6.76. The molecule has 0 unspecified atom stereocenters. The highest BCUT2D eigenvalue weighted by molar-refractivity contribution is 5.94. The first-order valence-electron chi connectivity index (χ1n) is 9.42. The SMILES string of the molecule is CCOc1ccc(C=NNC(=O)CCC(=O)Nc2cc(C)ccc2C)cc1OC. The lowest BCUT2D eigenvalue weighted by atomic mass is 10.1. The van der Waals surface area contributed by atoms with Gasteiger partial charge in [-0.05, 0) is 61.7 Å². The molecule has 2 aromatic carbocycles. The summed E-state index contributed by atoms with van der Waals surface area (Å²) in [4.78, 5) is 24.0. The van der Waals surface area contributed by atoms with Crippen molar-refractivity contribution in [2.75, 3.05) is 19.0 Å². The molecule has 0 atom stereocenters. The topological polar surface area (TPSA) is 89.0 Å². The Bertz CT molecular complexity index is 894. The van der Waals surface area contributed by atoms with Crippen molar-refractivity contribution in [3.63, 3.8) is 0 Å². The smallest absolute Gasteiger partial charge is 0.240 e. The van der Waals surface area contributed by atoms with Gasteiger partial charge < -0.3 is 14.8 Å². The van der Waals surface area contributed by atoms with Crippen molar-refractivity contribution < 1.29 is 19.1 Å². The van der Waals surface area contributed by atoms with Crippen molar-refractivity contribution in [1.29, 1.82) is 0 Å². The van der Waals surface area contributed by atoms with E-state index in [1.165, 1.54) is 6.21 Å². The summed E-state index contributed by atoms with van der Waals surface area (Å²) in [5.74, 6) is 0.681. The molecule has 2 N–H and O–H groups in total. The number of carbonyl (C=O) groups excluding carboxylic acids is 2. The highest BCUT2D eigenvalue weighted by Crippen LogP contribution is 2.27. The summed E-state index contributed by atoms with van der Waals surface area (Å²) in [6.07, 6.45) is 1.62. The summed E-state index contributed by atoms with van der Waals surface area (Å²) in [6.45, 7) is 6.32. The van der Waals surface area contributed by atoms with Crippen molar-refractivity contribution in [3.8, 4) is 11.5 Å². The number of ether oxygens (including phenoxy) is 2. The Hall–Kier alpha value is -3.35. The first-order valence-corrected chi connectivity index (χ1v) is 9.42. The van der Waals surface area contributed by atoms with E-state index in [1.54, 1.807) is 25.3 Å². The number of methoxy groups -OCH3 is 1. The minimum Gasteiger partial charge on any atom is -0.493 e. The number of hydrogen-bond acceptors (Lipinski definition) is 5. The molecule has 2 aromatic rings. The second-order valence-corrected chi connectivity index (χ2v) is 6.50. The maximum atomic E-state index is 12.1. The van der Waals surface area contributed by atoms with Crippen LogP contribution in [0, 0.1) is 13.8 Å². The number of anilines is 1. The number of aryl methyl sites for hydroxylation is 2. The van der Waals surface area contributed by atoms with Gasteiger partial charge in [0.15, 0.2) is 11.5 Å². The van der Waals surface area contributed by atoms with E-state index in [9.17, 15) is 9.59 Å². The van der Waals surface area contributed by atoms with Gasteiger partial charge in [-0.1, -0.05) is 12.1 Å². The third-order valence-electron chi connectivity index (χ3n) is 4.14. The zero-order valence-electron chi connectivity index (χ0n) is 17.2. The summed E-state index contributed by atoms with van der Waals surface area (Å²) < 4.78 is 10.7. The molecule has 0 spiro atoms. The van der Waals surface area contributed by atoms with Gasteiger partial charge in [-0.3, -0.25) is 9.59 Å². The van der Waals surface area contributed by atoms with Crippen LogP contribution in [0.15, 0.2) is 41.5 Å². The monoisotopic (exact) mass is 397 g/mol. The van der Waals surface area contributed by atoms with E-state index in [2.05, 4.69) is 15.8 Å². The largest absolute Gasteiger partial charge is 0.493 e. The van der Waals surface area contributed by atoms with E-state index in [0.29, 0.717) is 18.1 Å². The minimum atomic E-state index is -0.338. The number of carbonyl (C=O) groups is 2. The van der Waals surface area contributed by atoms with Crippen LogP contribution in [0.2, 0.25) is 0 Å². The average Bonchev–Trinajstić information content (AvgIpc) is 2.70. The molecule has 2 rings (SSSR count). The zero-order valence-corrected chi connectivity index (χ0v) is 17.2. The van der Waals surface area contributed by atoms with Crippen LogP contribution in [0.5, 0.6) is 11.5 Å². The van der Waals surface area contributed by atoms with E-state index in [4.69, 9.17) is 9.47 Å². The van der Waals surface area contributed by atoms with Crippen LogP contribution in [0.4, 0.5) is 5.69 Å². The molecule has 29 heavy (non-hydrogen) atoms. The molecular weight excluding hydrogens is 370 g/mol. The second-order valence-electron chi connectivity index (χ2n) is 6.50. The maximum Gasteiger partial charge on any atom is 0.240 e. The minimum absolute atomic E-state index is 0.0423. The van der Waals surface area contributed by atoms with E-state index in [0.717, 1.165) is 22.4 Å². The van der Waals surface area contributed by atoms with Gasteiger partial charge in [-0.2, -0.15) is 5.10 Å². The Morgan fingerprint density at radius 2 is 1.79 bits per heavy atom. The van der Waals surface area contributed by atoms with E-state index >= 15 is 0 Å². The van der Waals surface area contributed by atoms with Gasteiger partial charge in [0.1, 0.15) is 0 Å². The van der Waals surface area contributed by atoms with Crippen LogP contribution in [-0.4, -0.2) is 31.7 Å². The van der Waals surface area contributed by atoms with E-state index < -0.39 is 0 Å². The van der Waals surface area contributed by atoms with Crippen LogP contribution < -0.4 is 20.2 Å². The first-order chi connectivity index (χ1) is 13.9. The van der Waals surface area contributed by atoms with Crippen molar-refractivity contribution in [1.82, 2.24) is 5.43 Å². The van der Waals surface area contributed by atoms with Crippen LogP contribution in [0.25, 0.3) is 0 Å². The molecule has 0 aliphatic carbocycles. The predicted octanol–water partition coefficient (Wildman–Crippen LogP) is 3.58. The average molecular weight is 397 g/mol. The lowest BCUT2D eigenvalue weighted by Crippen LogP contribution is -2.21. The second kappa shape index (κ2) is 10.8. The van der Waals surface area contributed by atoms with Gasteiger partial charge in [0, 0.05) is 18.5 Å². The van der Waals surface area contributed by atoms with Crippen LogP contribution >= 0.6 is 0 Å². The highest BCUT2D eigenvalue weighted by Gasteiger charge is 2.09. The third kappa shape index (κ3) is 6.95. The molecule has 0 aromatic heterocycles. The molecule has 0 aliphatic heterocycles. The Morgan fingerprint density at radius 3 is 2.52 bits per heavy atom. The van der Waals surface area contributed by atoms with Gasteiger partial charge >= 0.3 is 0 Å². The van der Waals surface area contributed by atoms with Crippen molar-refractivity contribution in [3.05, 3.63) is 53.1 Å². The Morgan fingerprint density at radius 1 is 1.03 bits per heavy atom. The quantitative estimate of drug-likeness (QED) is 0.500. The summed E-state index contributed by atoms with van der Waals surface area (Å²) in [5.41, 5.74) is 5.97. The number of hydrazone groups is 1. The van der Waals surface area contributed by atoms with Crippen molar-refractivity contribution in [2.45, 2.75) is 33.6 Å². The molecule has 0 heterocycles. The molecule has 154 valence electrons. The van der Waals surface area contributed by atoms with E-state index in [-0.39, 0.29) is 24.7 Å². The summed E-state index contributed by atoms with van der Waals surface area (Å²) >= 11 is 0. The van der Waals surface area contributed by atoms with Crippen LogP contribution in [0.1, 0.15) is 36.5 Å². The number of benzene rings is 2. The van der Waals surface area contributed by atoms with Gasteiger partial charge in [0.05, 0.1) is 19.9 Å². The lowest BCUT2D eigenvalue weighted by Gasteiger charge is -2.09. The van der Waals surface area contributed by atoms with Crippen LogP contribution in [-0.2, 0) is 9.59 Å². The molecule has 0 bridgehead atoms. The Balaban J connectivity index is 1.82. The molecule has 2 amide bonds. The van der Waals surface area contributed by atoms with Crippen LogP contribution in [0.3, 0.4) is 0 Å². The molecule has 0 aliphatic rings. The fourth-order valence-corrected chi connectivity index (χ4v) is 2.58. The number of rotatable bonds is 9. The van der Waals surface area contributed by atoms with Crippen molar-refractivity contribution >= 4 is 23.7 Å². The molecule has 7 nitrogen and oxygen atoms in total. The summed E-state index contributed by atoms with van der Waals surface area (Å²) in [6, 6.07) is 11.2. The molecule has 0 saturated carbocycles. The van der Waals surface area contributed by atoms with Crippen molar-refractivity contribution in [2.24, 2.45) is 5.10 Å². The predicted molar refractivity (Wildman–Crippen MR) is 114 cm³/mol. The third-order valence-corrected chi connectivity index (χ3v) is 4.14. The number of nitrogens with zero attached hydrogens (tertiary/aromatic N) is 1. The van der Waals surface area contributed by atoms with Gasteiger partial charge in [-0.25, -0.2) is 5.43 Å². The fraction of sp³-hybridized carbons (Fsp3) is 0.318. The Kier molecular flexibility index (Phi) is 8.21. The normalized spacial score (nSPS) is 10.6. The lowest BCUT2D eigenvalue weighted by molar-refractivity contribution is -0.124. The van der Waals surface area contributed by atoms with Gasteiger partial charge in [0.25, 0.3) is 0 Å². The molecule has 0 saturated heterocycles. The Labute approximate surface area is 171 Å². The van der Waals surface area contributed by atoms with Gasteiger partial charge in [-0.15, -0.1) is 0 Å². The maximum absolute atomic E-state index is 12.1.